The van der Waals surface area contributed by atoms with E-state index < -0.39 is 0 Å². The number of rotatable bonds is 0. The van der Waals surface area contributed by atoms with Crippen molar-refractivity contribution >= 4 is 10.9 Å². The zero-order chi connectivity index (χ0) is 7.68. The molecule has 0 bridgehead atoms. The van der Waals surface area contributed by atoms with Crippen molar-refractivity contribution in [3.8, 4) is 0 Å². The second kappa shape index (κ2) is 2.20. The maximum atomic E-state index is 11.0. The lowest BCUT2D eigenvalue weighted by molar-refractivity contribution is 0.519. The van der Waals surface area contributed by atoms with Gasteiger partial charge in [-0.05, 0) is 18.2 Å². The normalized spacial score (nSPS) is 10.2. The van der Waals surface area contributed by atoms with Gasteiger partial charge in [-0.2, -0.15) is 0 Å². The fourth-order valence-electron chi connectivity index (χ4n) is 0.947. The number of pyridine rings is 1. The molecule has 0 aliphatic heterocycles. The lowest BCUT2D eigenvalue weighted by Crippen LogP contribution is -1.97. The van der Waals surface area contributed by atoms with Crippen LogP contribution in [0.2, 0.25) is 0 Å². The third-order valence-electron chi connectivity index (χ3n) is 1.46. The molecule has 0 spiro atoms. The maximum Gasteiger partial charge on any atom is 0.345 e. The molecule has 0 saturated carbocycles. The highest BCUT2D eigenvalue weighted by molar-refractivity contribution is 5.75. The molecule has 54 valence electrons. The van der Waals surface area contributed by atoms with Gasteiger partial charge in [0, 0.05) is 6.20 Å². The summed E-state index contributed by atoms with van der Waals surface area (Å²) in [6, 6.07) is 5.06. The minimum Gasteiger partial charge on any atom is -0.431 e. The van der Waals surface area contributed by atoms with Crippen molar-refractivity contribution in [3.63, 3.8) is 0 Å². The smallest absolute Gasteiger partial charge is 0.345 e. The predicted octanol–water partition coefficient (Wildman–Crippen LogP) is 1.19. The molecule has 3 heteroatoms. The van der Waals surface area contributed by atoms with Crippen molar-refractivity contribution in [1.82, 2.24) is 4.98 Å². The van der Waals surface area contributed by atoms with Crippen LogP contribution in [0.25, 0.3) is 10.9 Å². The molecule has 0 N–H and O–H groups in total. The number of aromatic nitrogens is 1. The van der Waals surface area contributed by atoms with Gasteiger partial charge in [0.15, 0.2) is 0 Å². The lowest BCUT2D eigenvalue weighted by Gasteiger charge is -1.90. The minimum atomic E-state index is -0.337. The molecule has 0 radical (unpaired) electrons. The Morgan fingerprint density at radius 3 is 3.09 bits per heavy atom. The van der Waals surface area contributed by atoms with Gasteiger partial charge in [0.1, 0.15) is 0 Å². The van der Waals surface area contributed by atoms with Gasteiger partial charge in [0.25, 0.3) is 0 Å². The van der Waals surface area contributed by atoms with Crippen LogP contribution in [0.15, 0.2) is 39.9 Å². The average Bonchev–Trinajstić information content (AvgIpc) is 2.06. The molecule has 0 aliphatic rings. The molecule has 2 rings (SSSR count). The van der Waals surface area contributed by atoms with Crippen LogP contribution in [-0.2, 0) is 0 Å². The van der Waals surface area contributed by atoms with Gasteiger partial charge in [-0.3, -0.25) is 4.98 Å². The Morgan fingerprint density at radius 2 is 2.27 bits per heavy atom. The van der Waals surface area contributed by atoms with E-state index in [1.807, 2.05) is 0 Å². The first-order chi connectivity index (χ1) is 5.38. The van der Waals surface area contributed by atoms with Gasteiger partial charge in [0.2, 0.25) is 0 Å². The number of nitrogens with zero attached hydrogens (tertiary/aromatic N) is 1. The van der Waals surface area contributed by atoms with Crippen molar-refractivity contribution in [2.75, 3.05) is 0 Å². The largest absolute Gasteiger partial charge is 0.431 e. The highest BCUT2D eigenvalue weighted by atomic mass is 16.4. The fraction of sp³-hybridized carbons (Fsp3) is 0. The summed E-state index contributed by atoms with van der Waals surface area (Å²) >= 11 is 0. The monoisotopic (exact) mass is 147 g/mol. The topological polar surface area (TPSA) is 43.1 Å². The Morgan fingerprint density at radius 1 is 1.36 bits per heavy atom. The number of hydrogen-bond acceptors (Lipinski definition) is 3. The van der Waals surface area contributed by atoms with Crippen molar-refractivity contribution in [1.29, 1.82) is 0 Å². The first-order valence-corrected chi connectivity index (χ1v) is 3.20. The van der Waals surface area contributed by atoms with Gasteiger partial charge >= 0.3 is 5.63 Å². The molecular weight excluding hydrogens is 142 g/mol. The number of fused-ring (bicyclic) bond motifs is 1. The molecule has 2 heterocycles. The Kier molecular flexibility index (Phi) is 1.22. The van der Waals surface area contributed by atoms with Gasteiger partial charge in [0.05, 0.1) is 17.2 Å². The van der Waals surface area contributed by atoms with Crippen LogP contribution in [0.1, 0.15) is 0 Å². The van der Waals surface area contributed by atoms with E-state index in [2.05, 4.69) is 9.40 Å². The molecule has 2 aromatic heterocycles. The summed E-state index contributed by atoms with van der Waals surface area (Å²) in [5, 5.41) is 0.523. The molecule has 0 fully saturated rings. The summed E-state index contributed by atoms with van der Waals surface area (Å²) in [7, 11) is 0. The quantitative estimate of drug-likeness (QED) is 0.562. The molecule has 0 aromatic carbocycles. The summed E-state index contributed by atoms with van der Waals surface area (Å²) in [6.45, 7) is 0. The second-order valence-corrected chi connectivity index (χ2v) is 2.14. The van der Waals surface area contributed by atoms with E-state index >= 15 is 0 Å². The standard InChI is InChI=1S/C8H5NO2/c10-8-6-2-1-4-9-7(6)3-5-11-8/h1-5H. The van der Waals surface area contributed by atoms with Gasteiger partial charge in [-0.15, -0.1) is 0 Å². The van der Waals surface area contributed by atoms with Gasteiger partial charge in [-0.25, -0.2) is 4.79 Å². The van der Waals surface area contributed by atoms with Crippen LogP contribution in [0.3, 0.4) is 0 Å². The second-order valence-electron chi connectivity index (χ2n) is 2.14. The zero-order valence-corrected chi connectivity index (χ0v) is 5.65. The van der Waals surface area contributed by atoms with Crippen molar-refractivity contribution in [2.45, 2.75) is 0 Å². The van der Waals surface area contributed by atoms with E-state index in [0.717, 1.165) is 0 Å². The Bertz CT molecular complexity index is 428. The number of hydrogen-bond donors (Lipinski definition) is 0. The molecule has 11 heavy (non-hydrogen) atoms. The third-order valence-corrected chi connectivity index (χ3v) is 1.46. The van der Waals surface area contributed by atoms with E-state index in [0.29, 0.717) is 10.9 Å². The minimum absolute atomic E-state index is 0.337. The van der Waals surface area contributed by atoms with Gasteiger partial charge in [-0.1, -0.05) is 0 Å². The van der Waals surface area contributed by atoms with Crippen LogP contribution >= 0.6 is 0 Å². The molecular formula is C8H5NO2. The third kappa shape index (κ3) is 0.902. The molecule has 0 saturated heterocycles. The molecule has 0 atom stereocenters. The van der Waals surface area contributed by atoms with E-state index in [4.69, 9.17) is 0 Å². The molecule has 0 unspecified atom stereocenters. The lowest BCUT2D eigenvalue weighted by atomic mass is 10.3. The van der Waals surface area contributed by atoms with Crippen LogP contribution in [0, 0.1) is 0 Å². The zero-order valence-electron chi connectivity index (χ0n) is 5.65. The molecule has 0 amide bonds. The molecule has 0 aliphatic carbocycles. The van der Waals surface area contributed by atoms with E-state index in [9.17, 15) is 4.79 Å². The summed E-state index contributed by atoms with van der Waals surface area (Å²) in [4.78, 5) is 15.0. The average molecular weight is 147 g/mol. The Hall–Kier alpha value is -1.64. The maximum absolute atomic E-state index is 11.0. The van der Waals surface area contributed by atoms with Crippen LogP contribution in [-0.4, -0.2) is 4.98 Å². The van der Waals surface area contributed by atoms with Crippen LogP contribution < -0.4 is 5.63 Å². The fourth-order valence-corrected chi connectivity index (χ4v) is 0.947. The highest BCUT2D eigenvalue weighted by Gasteiger charge is 1.96. The first kappa shape index (κ1) is 6.09. The summed E-state index contributed by atoms with van der Waals surface area (Å²) in [5.41, 5.74) is 0.333. The molecule has 3 nitrogen and oxygen atoms in total. The van der Waals surface area contributed by atoms with E-state index in [1.165, 1.54) is 6.26 Å². The molecule has 2 aromatic rings. The van der Waals surface area contributed by atoms with Crippen molar-refractivity contribution < 1.29 is 4.42 Å². The van der Waals surface area contributed by atoms with Gasteiger partial charge < -0.3 is 4.42 Å². The van der Waals surface area contributed by atoms with Crippen LogP contribution in [0.4, 0.5) is 0 Å². The Labute approximate surface area is 62.3 Å². The summed E-state index contributed by atoms with van der Waals surface area (Å²) < 4.78 is 4.64. The summed E-state index contributed by atoms with van der Waals surface area (Å²) in [5.74, 6) is 0. The van der Waals surface area contributed by atoms with E-state index in [1.54, 1.807) is 24.4 Å². The van der Waals surface area contributed by atoms with Crippen LogP contribution in [0.5, 0.6) is 0 Å². The van der Waals surface area contributed by atoms with Crippen molar-refractivity contribution in [3.05, 3.63) is 41.1 Å². The Balaban J connectivity index is 3.03. The highest BCUT2D eigenvalue weighted by Crippen LogP contribution is 2.02. The predicted molar refractivity (Wildman–Crippen MR) is 40.3 cm³/mol. The van der Waals surface area contributed by atoms with E-state index in [-0.39, 0.29) is 5.63 Å². The van der Waals surface area contributed by atoms with Crippen molar-refractivity contribution in [2.24, 2.45) is 0 Å². The first-order valence-electron chi connectivity index (χ1n) is 3.20. The summed E-state index contributed by atoms with van der Waals surface area (Å²) in [6.07, 6.45) is 2.99. The SMILES string of the molecule is O=c1occc2ncccc12.